The second-order valence-corrected chi connectivity index (χ2v) is 8.00. The Morgan fingerprint density at radius 3 is 2.60 bits per heavy atom. The molecule has 1 fully saturated rings. The molecule has 0 bridgehead atoms. The van der Waals surface area contributed by atoms with Crippen LogP contribution in [0.15, 0.2) is 35.7 Å². The van der Waals surface area contributed by atoms with Gasteiger partial charge >= 0.3 is 0 Å². The third-order valence-corrected chi connectivity index (χ3v) is 5.22. The number of carbonyl (C=O) groups excluding carboxylic acids is 2. The minimum atomic E-state index is -1.00. The van der Waals surface area contributed by atoms with E-state index in [0.717, 1.165) is 24.2 Å². The molecule has 0 radical (unpaired) electrons. The molecule has 5 nitrogen and oxygen atoms in total. The summed E-state index contributed by atoms with van der Waals surface area (Å²) in [6.07, 6.45) is 2.17. The van der Waals surface area contributed by atoms with Crippen LogP contribution in [0.25, 0.3) is 0 Å². The highest BCUT2D eigenvalue weighted by Crippen LogP contribution is 2.40. The Hall–Kier alpha value is -2.21. The average molecular weight is 357 g/mol. The number of thiophene rings is 1. The van der Waals surface area contributed by atoms with Gasteiger partial charge in [-0.05, 0) is 63.1 Å². The molecule has 2 amide bonds. The largest absolute Gasteiger partial charge is 0.345 e. The molecule has 0 aliphatic heterocycles. The Morgan fingerprint density at radius 1 is 1.24 bits per heavy atom. The molecule has 25 heavy (non-hydrogen) atoms. The van der Waals surface area contributed by atoms with Gasteiger partial charge in [-0.2, -0.15) is 0 Å². The van der Waals surface area contributed by atoms with E-state index in [1.165, 1.54) is 11.3 Å². The second-order valence-electron chi connectivity index (χ2n) is 7.05. The third kappa shape index (κ3) is 4.25. The van der Waals surface area contributed by atoms with Crippen molar-refractivity contribution in [2.24, 2.45) is 5.92 Å². The van der Waals surface area contributed by atoms with Crippen molar-refractivity contribution in [1.82, 2.24) is 15.6 Å². The highest BCUT2D eigenvalue weighted by molar-refractivity contribution is 7.12. The highest BCUT2D eigenvalue weighted by Gasteiger charge is 2.38. The molecule has 2 aromatic rings. The van der Waals surface area contributed by atoms with Crippen molar-refractivity contribution >= 4 is 23.2 Å². The smallest absolute Gasteiger partial charge is 0.262 e. The first-order valence-electron chi connectivity index (χ1n) is 8.47. The van der Waals surface area contributed by atoms with Crippen LogP contribution in [-0.2, 0) is 4.79 Å². The molecule has 1 saturated carbocycles. The summed E-state index contributed by atoms with van der Waals surface area (Å²) in [4.78, 5) is 30.3. The van der Waals surface area contributed by atoms with E-state index in [1.54, 1.807) is 19.9 Å². The SMILES string of the molecule is Cc1cccc(C(NC(=O)C(C)(C)NC(=O)c2cccs2)C2CC2)n1. The quantitative estimate of drug-likeness (QED) is 0.834. The molecule has 1 unspecified atom stereocenters. The maximum absolute atomic E-state index is 12.8. The summed E-state index contributed by atoms with van der Waals surface area (Å²) >= 11 is 1.36. The zero-order valence-electron chi connectivity index (χ0n) is 14.7. The Labute approximate surface area is 151 Å². The molecule has 2 N–H and O–H groups in total. The minimum Gasteiger partial charge on any atom is -0.345 e. The predicted molar refractivity (Wildman–Crippen MR) is 98.4 cm³/mol. The Morgan fingerprint density at radius 2 is 2.00 bits per heavy atom. The number of nitrogens with zero attached hydrogens (tertiary/aromatic N) is 1. The van der Waals surface area contributed by atoms with Crippen LogP contribution in [0.1, 0.15) is 53.8 Å². The molecular weight excluding hydrogens is 334 g/mol. The monoisotopic (exact) mass is 357 g/mol. The van der Waals surface area contributed by atoms with Crippen molar-refractivity contribution in [3.8, 4) is 0 Å². The molecule has 1 aliphatic carbocycles. The van der Waals surface area contributed by atoms with Crippen LogP contribution in [-0.4, -0.2) is 22.3 Å². The zero-order valence-corrected chi connectivity index (χ0v) is 15.5. The van der Waals surface area contributed by atoms with Gasteiger partial charge in [0.2, 0.25) is 5.91 Å². The van der Waals surface area contributed by atoms with Gasteiger partial charge in [0.15, 0.2) is 0 Å². The van der Waals surface area contributed by atoms with Crippen molar-refractivity contribution < 1.29 is 9.59 Å². The maximum Gasteiger partial charge on any atom is 0.262 e. The topological polar surface area (TPSA) is 71.1 Å². The number of carbonyl (C=O) groups is 2. The van der Waals surface area contributed by atoms with Gasteiger partial charge < -0.3 is 10.6 Å². The zero-order chi connectivity index (χ0) is 18.0. The summed E-state index contributed by atoms with van der Waals surface area (Å²) in [5, 5.41) is 7.77. The lowest BCUT2D eigenvalue weighted by Gasteiger charge is -2.28. The maximum atomic E-state index is 12.8. The molecule has 0 saturated heterocycles. The molecule has 1 aliphatic rings. The summed E-state index contributed by atoms with van der Waals surface area (Å²) < 4.78 is 0. The second kappa shape index (κ2) is 6.96. The molecule has 2 aromatic heterocycles. The summed E-state index contributed by atoms with van der Waals surface area (Å²) in [5.41, 5.74) is 0.816. The number of pyridine rings is 1. The van der Waals surface area contributed by atoms with Crippen LogP contribution in [0.5, 0.6) is 0 Å². The van der Waals surface area contributed by atoms with Gasteiger partial charge in [-0.3, -0.25) is 14.6 Å². The lowest BCUT2D eigenvalue weighted by atomic mass is 10.0. The number of nitrogens with one attached hydrogen (secondary N) is 2. The lowest BCUT2D eigenvalue weighted by molar-refractivity contribution is -0.127. The normalized spacial score (nSPS) is 15.5. The summed E-state index contributed by atoms with van der Waals surface area (Å²) in [5.74, 6) is -0.00791. The fraction of sp³-hybridized carbons (Fsp3) is 0.421. The molecular formula is C19H23N3O2S. The van der Waals surface area contributed by atoms with Gasteiger partial charge in [-0.25, -0.2) is 0 Å². The van der Waals surface area contributed by atoms with Gasteiger partial charge in [0.05, 0.1) is 16.6 Å². The first kappa shape index (κ1) is 17.6. The average Bonchev–Trinajstić information content (AvgIpc) is 3.24. The fourth-order valence-electron chi connectivity index (χ4n) is 2.73. The van der Waals surface area contributed by atoms with Gasteiger partial charge in [-0.15, -0.1) is 11.3 Å². The van der Waals surface area contributed by atoms with E-state index in [9.17, 15) is 9.59 Å². The summed E-state index contributed by atoms with van der Waals surface area (Å²) in [6, 6.07) is 9.32. The first-order valence-corrected chi connectivity index (χ1v) is 9.35. The number of rotatable bonds is 6. The number of hydrogen-bond donors (Lipinski definition) is 2. The Bertz CT molecular complexity index is 767. The molecule has 0 aromatic carbocycles. The standard InChI is InChI=1S/C19H23N3O2S/c1-12-6-4-7-14(20-12)16(13-9-10-13)21-18(24)19(2,3)22-17(23)15-8-5-11-25-15/h4-8,11,13,16H,9-10H2,1-3H3,(H,21,24)(H,22,23). The summed E-state index contributed by atoms with van der Waals surface area (Å²) in [7, 11) is 0. The number of aromatic nitrogens is 1. The Kier molecular flexibility index (Phi) is 4.90. The van der Waals surface area contributed by atoms with Gasteiger partial charge in [0, 0.05) is 5.69 Å². The van der Waals surface area contributed by atoms with Crippen LogP contribution < -0.4 is 10.6 Å². The number of aryl methyl sites for hydroxylation is 1. The number of amides is 2. The molecule has 0 spiro atoms. The van der Waals surface area contributed by atoms with Gasteiger partial charge in [-0.1, -0.05) is 12.1 Å². The van der Waals surface area contributed by atoms with E-state index in [0.29, 0.717) is 10.8 Å². The summed E-state index contributed by atoms with van der Waals surface area (Å²) in [6.45, 7) is 5.39. The van der Waals surface area contributed by atoms with E-state index < -0.39 is 5.54 Å². The van der Waals surface area contributed by atoms with Crippen molar-refractivity contribution in [2.45, 2.75) is 45.2 Å². The van der Waals surface area contributed by atoms with Gasteiger partial charge in [0.1, 0.15) is 5.54 Å². The molecule has 6 heteroatoms. The first-order chi connectivity index (χ1) is 11.9. The van der Waals surface area contributed by atoms with Crippen LogP contribution in [0.4, 0.5) is 0 Å². The van der Waals surface area contributed by atoms with Crippen LogP contribution >= 0.6 is 11.3 Å². The highest BCUT2D eigenvalue weighted by atomic mass is 32.1. The lowest BCUT2D eigenvalue weighted by Crippen LogP contribution is -2.55. The van der Waals surface area contributed by atoms with Crippen LogP contribution in [0.3, 0.4) is 0 Å². The van der Waals surface area contributed by atoms with Crippen LogP contribution in [0.2, 0.25) is 0 Å². The van der Waals surface area contributed by atoms with Crippen molar-refractivity contribution in [3.05, 3.63) is 52.0 Å². The van der Waals surface area contributed by atoms with E-state index in [4.69, 9.17) is 0 Å². The fourth-order valence-corrected chi connectivity index (χ4v) is 3.35. The Balaban J connectivity index is 1.71. The molecule has 3 rings (SSSR count). The molecule has 2 heterocycles. The third-order valence-electron chi connectivity index (χ3n) is 4.35. The van der Waals surface area contributed by atoms with E-state index in [-0.39, 0.29) is 17.9 Å². The van der Waals surface area contributed by atoms with Gasteiger partial charge in [0.25, 0.3) is 5.91 Å². The minimum absolute atomic E-state index is 0.106. The predicted octanol–water partition coefficient (Wildman–Crippen LogP) is 3.23. The number of hydrogen-bond acceptors (Lipinski definition) is 4. The molecule has 132 valence electrons. The van der Waals surface area contributed by atoms with E-state index in [2.05, 4.69) is 15.6 Å². The van der Waals surface area contributed by atoms with Crippen molar-refractivity contribution in [1.29, 1.82) is 0 Å². The molecule has 1 atom stereocenters. The van der Waals surface area contributed by atoms with E-state index >= 15 is 0 Å². The van der Waals surface area contributed by atoms with Crippen molar-refractivity contribution in [2.75, 3.05) is 0 Å². The van der Waals surface area contributed by atoms with Crippen molar-refractivity contribution in [3.63, 3.8) is 0 Å². The van der Waals surface area contributed by atoms with E-state index in [1.807, 2.05) is 36.6 Å². The van der Waals surface area contributed by atoms with Crippen LogP contribution in [0, 0.1) is 12.8 Å².